The molecular formula is C15H18N2O4. The van der Waals surface area contributed by atoms with E-state index in [1.54, 1.807) is 45.3 Å². The third-order valence-electron chi connectivity index (χ3n) is 2.73. The zero-order chi connectivity index (χ0) is 16.0. The zero-order valence-electron chi connectivity index (χ0n) is 12.2. The molecule has 2 amide bonds. The van der Waals surface area contributed by atoms with E-state index in [4.69, 9.17) is 5.11 Å². The Morgan fingerprint density at radius 3 is 2.52 bits per heavy atom. The van der Waals surface area contributed by atoms with Crippen LogP contribution in [0.2, 0.25) is 0 Å². The van der Waals surface area contributed by atoms with Crippen LogP contribution in [-0.2, 0) is 9.59 Å². The van der Waals surface area contributed by atoms with Gasteiger partial charge in [0, 0.05) is 25.7 Å². The topological polar surface area (TPSA) is 86.7 Å². The Morgan fingerprint density at radius 1 is 1.29 bits per heavy atom. The maximum atomic E-state index is 12.1. The maximum absolute atomic E-state index is 12.1. The number of carbonyl (C=O) groups is 3. The fourth-order valence-corrected chi connectivity index (χ4v) is 1.68. The highest BCUT2D eigenvalue weighted by Gasteiger charge is 2.17. The fourth-order valence-electron chi connectivity index (χ4n) is 1.68. The first-order valence-electron chi connectivity index (χ1n) is 6.34. The van der Waals surface area contributed by atoms with Crippen LogP contribution >= 0.6 is 0 Å². The van der Waals surface area contributed by atoms with Crippen molar-refractivity contribution < 1.29 is 19.5 Å². The molecule has 0 aliphatic rings. The largest absolute Gasteiger partial charge is 0.478 e. The first-order chi connectivity index (χ1) is 9.81. The van der Waals surface area contributed by atoms with Crippen LogP contribution in [0.1, 0.15) is 22.8 Å². The number of rotatable bonds is 5. The summed E-state index contributed by atoms with van der Waals surface area (Å²) in [6.45, 7) is 1.61. The molecule has 0 radical (unpaired) electrons. The lowest BCUT2D eigenvalue weighted by atomic mass is 10.1. The van der Waals surface area contributed by atoms with Crippen molar-refractivity contribution >= 4 is 23.9 Å². The summed E-state index contributed by atoms with van der Waals surface area (Å²) < 4.78 is 0. The summed E-state index contributed by atoms with van der Waals surface area (Å²) >= 11 is 0. The van der Waals surface area contributed by atoms with Gasteiger partial charge in [-0.05, 0) is 30.7 Å². The van der Waals surface area contributed by atoms with Crippen LogP contribution in [0.5, 0.6) is 0 Å². The number of carboxylic acids is 1. The lowest BCUT2D eigenvalue weighted by molar-refractivity contribution is -0.131. The molecule has 1 atom stereocenters. The van der Waals surface area contributed by atoms with Gasteiger partial charge in [-0.15, -0.1) is 0 Å². The molecule has 1 rings (SSSR count). The number of carboxylic acid groups (broad SMARTS) is 1. The molecule has 2 N–H and O–H groups in total. The van der Waals surface area contributed by atoms with Crippen molar-refractivity contribution in [2.24, 2.45) is 0 Å². The standard InChI is InChI=1S/C15H18N2O4/c1-10(15(21)17(2)3)16-14(20)12-6-4-5-11(9-12)7-8-13(18)19/h4-10H,1-3H3,(H,16,20)(H,18,19). The molecule has 6 nitrogen and oxygen atoms in total. The number of hydrogen-bond donors (Lipinski definition) is 2. The second kappa shape index (κ2) is 7.23. The highest BCUT2D eigenvalue weighted by Crippen LogP contribution is 2.07. The van der Waals surface area contributed by atoms with Gasteiger partial charge in [-0.2, -0.15) is 0 Å². The summed E-state index contributed by atoms with van der Waals surface area (Å²) in [5.74, 6) is -1.65. The molecule has 1 aromatic carbocycles. The number of benzene rings is 1. The molecule has 0 bridgehead atoms. The second-order valence-electron chi connectivity index (χ2n) is 4.72. The number of nitrogens with zero attached hydrogens (tertiary/aromatic N) is 1. The third kappa shape index (κ3) is 5.10. The van der Waals surface area contributed by atoms with E-state index < -0.39 is 12.0 Å². The highest BCUT2D eigenvalue weighted by atomic mass is 16.4. The predicted molar refractivity (Wildman–Crippen MR) is 78.7 cm³/mol. The summed E-state index contributed by atoms with van der Waals surface area (Å²) in [5.41, 5.74) is 0.956. The van der Waals surface area contributed by atoms with Gasteiger partial charge in [0.1, 0.15) is 6.04 Å². The zero-order valence-corrected chi connectivity index (χ0v) is 12.2. The fraction of sp³-hybridized carbons (Fsp3) is 0.267. The molecule has 0 fully saturated rings. The lowest BCUT2D eigenvalue weighted by Gasteiger charge is -2.18. The molecule has 1 aromatic rings. The van der Waals surface area contributed by atoms with Gasteiger partial charge in [-0.1, -0.05) is 12.1 Å². The molecule has 0 saturated carbocycles. The van der Waals surface area contributed by atoms with Crippen molar-refractivity contribution in [1.82, 2.24) is 10.2 Å². The van der Waals surface area contributed by atoms with Gasteiger partial charge in [-0.25, -0.2) is 4.79 Å². The summed E-state index contributed by atoms with van der Waals surface area (Å²) in [4.78, 5) is 35.6. The third-order valence-corrected chi connectivity index (χ3v) is 2.73. The van der Waals surface area contributed by atoms with E-state index >= 15 is 0 Å². The number of likely N-dealkylation sites (N-methyl/N-ethyl adjacent to an activating group) is 1. The lowest BCUT2D eigenvalue weighted by Crippen LogP contribution is -2.44. The van der Waals surface area contributed by atoms with E-state index in [0.717, 1.165) is 6.08 Å². The molecular weight excluding hydrogens is 272 g/mol. The highest BCUT2D eigenvalue weighted by molar-refractivity contribution is 5.98. The van der Waals surface area contributed by atoms with Gasteiger partial charge < -0.3 is 15.3 Å². The summed E-state index contributed by atoms with van der Waals surface area (Å²) in [6, 6.07) is 5.85. The predicted octanol–water partition coefficient (Wildman–Crippen LogP) is 0.991. The first-order valence-corrected chi connectivity index (χ1v) is 6.34. The van der Waals surface area contributed by atoms with Gasteiger partial charge in [-0.3, -0.25) is 9.59 Å². The Balaban J connectivity index is 2.81. The Labute approximate surface area is 123 Å². The molecule has 0 heterocycles. The van der Waals surface area contributed by atoms with E-state index in [1.165, 1.54) is 11.0 Å². The van der Waals surface area contributed by atoms with Gasteiger partial charge >= 0.3 is 5.97 Å². The molecule has 0 aromatic heterocycles. The minimum absolute atomic E-state index is 0.203. The minimum atomic E-state index is -1.06. The average Bonchev–Trinajstić information content (AvgIpc) is 2.44. The van der Waals surface area contributed by atoms with Gasteiger partial charge in [0.25, 0.3) is 5.91 Å². The Kier molecular flexibility index (Phi) is 5.66. The van der Waals surface area contributed by atoms with Crippen molar-refractivity contribution in [2.75, 3.05) is 14.1 Å². The van der Waals surface area contributed by atoms with Gasteiger partial charge in [0.15, 0.2) is 0 Å². The molecule has 0 spiro atoms. The Hall–Kier alpha value is -2.63. The summed E-state index contributed by atoms with van der Waals surface area (Å²) in [6.07, 6.45) is 2.39. The van der Waals surface area contributed by atoms with Crippen molar-refractivity contribution in [3.05, 3.63) is 41.5 Å². The molecule has 0 saturated heterocycles. The first kappa shape index (κ1) is 16.4. The van der Waals surface area contributed by atoms with Crippen molar-refractivity contribution in [2.45, 2.75) is 13.0 Å². The van der Waals surface area contributed by atoms with Crippen LogP contribution in [0.3, 0.4) is 0 Å². The van der Waals surface area contributed by atoms with E-state index in [-0.39, 0.29) is 11.8 Å². The van der Waals surface area contributed by atoms with E-state index in [1.807, 2.05) is 0 Å². The van der Waals surface area contributed by atoms with Crippen LogP contribution in [0.15, 0.2) is 30.3 Å². The smallest absolute Gasteiger partial charge is 0.328 e. The van der Waals surface area contributed by atoms with E-state index in [9.17, 15) is 14.4 Å². The molecule has 1 unspecified atom stereocenters. The van der Waals surface area contributed by atoms with Crippen LogP contribution in [-0.4, -0.2) is 47.9 Å². The Bertz CT molecular complexity index is 579. The number of nitrogens with one attached hydrogen (secondary N) is 1. The SMILES string of the molecule is CC(NC(=O)c1cccc(C=CC(=O)O)c1)C(=O)N(C)C. The molecule has 0 aliphatic carbocycles. The normalized spacial score (nSPS) is 12.0. The second-order valence-corrected chi connectivity index (χ2v) is 4.72. The van der Waals surface area contributed by atoms with E-state index in [0.29, 0.717) is 11.1 Å². The van der Waals surface area contributed by atoms with Crippen molar-refractivity contribution in [3.63, 3.8) is 0 Å². The maximum Gasteiger partial charge on any atom is 0.328 e. The quantitative estimate of drug-likeness (QED) is 0.792. The molecule has 6 heteroatoms. The monoisotopic (exact) mass is 290 g/mol. The van der Waals surface area contributed by atoms with Crippen LogP contribution in [0.25, 0.3) is 6.08 Å². The minimum Gasteiger partial charge on any atom is -0.478 e. The number of hydrogen-bond acceptors (Lipinski definition) is 3. The van der Waals surface area contributed by atoms with Gasteiger partial charge in [0.2, 0.25) is 5.91 Å². The number of amides is 2. The number of aliphatic carboxylic acids is 1. The van der Waals surface area contributed by atoms with Crippen LogP contribution in [0, 0.1) is 0 Å². The number of carbonyl (C=O) groups excluding carboxylic acids is 2. The van der Waals surface area contributed by atoms with Crippen LogP contribution < -0.4 is 5.32 Å². The van der Waals surface area contributed by atoms with Crippen molar-refractivity contribution in [1.29, 1.82) is 0 Å². The van der Waals surface area contributed by atoms with Crippen LogP contribution in [0.4, 0.5) is 0 Å². The molecule has 0 aliphatic heterocycles. The van der Waals surface area contributed by atoms with Gasteiger partial charge in [0.05, 0.1) is 0 Å². The summed E-state index contributed by atoms with van der Waals surface area (Å²) in [5, 5.41) is 11.2. The summed E-state index contributed by atoms with van der Waals surface area (Å²) in [7, 11) is 3.23. The van der Waals surface area contributed by atoms with Crippen molar-refractivity contribution in [3.8, 4) is 0 Å². The Morgan fingerprint density at radius 2 is 1.95 bits per heavy atom. The molecule has 112 valence electrons. The molecule has 21 heavy (non-hydrogen) atoms. The average molecular weight is 290 g/mol. The van der Waals surface area contributed by atoms with E-state index in [2.05, 4.69) is 5.32 Å².